The van der Waals surface area contributed by atoms with Crippen LogP contribution in [0.4, 0.5) is 0 Å². The van der Waals surface area contributed by atoms with Gasteiger partial charge in [-0.25, -0.2) is 4.57 Å². The quantitative estimate of drug-likeness (QED) is 0.0202. The van der Waals surface area contributed by atoms with Gasteiger partial charge in [0.25, 0.3) is 0 Å². The van der Waals surface area contributed by atoms with E-state index in [2.05, 4.69) is 80.7 Å². The summed E-state index contributed by atoms with van der Waals surface area (Å²) in [6.45, 7) is 4.14. The maximum Gasteiger partial charge on any atom is 0.472 e. The fraction of sp³-hybridized carbons (Fsp3) is 0.686. The molecule has 0 rings (SSSR count). The third-order valence-electron chi connectivity index (χ3n) is 9.72. The lowest BCUT2D eigenvalue weighted by Crippen LogP contribution is -2.37. The van der Waals surface area contributed by atoms with Gasteiger partial charge in [-0.3, -0.25) is 18.6 Å². The third-order valence-corrected chi connectivity index (χ3v) is 10.7. The highest BCUT2D eigenvalue weighted by Gasteiger charge is 2.27. The van der Waals surface area contributed by atoms with Crippen LogP contribution in [0.1, 0.15) is 168 Å². The summed E-state index contributed by atoms with van der Waals surface area (Å²) in [5, 5.41) is 9.84. The van der Waals surface area contributed by atoms with Crippen LogP contribution in [0.15, 0.2) is 85.1 Å². The first kappa shape index (κ1) is 59.1. The topological polar surface area (TPSA) is 129 Å². The highest BCUT2D eigenvalue weighted by atomic mass is 31.2. The molecule has 0 saturated heterocycles. The minimum absolute atomic E-state index is 0.00724. The third kappa shape index (κ3) is 45.2. The van der Waals surface area contributed by atoms with E-state index >= 15 is 0 Å². The molecule has 0 aromatic rings. The summed E-state index contributed by atoms with van der Waals surface area (Å²) < 4.78 is 34.3. The van der Waals surface area contributed by atoms with Gasteiger partial charge in [-0.2, -0.15) is 0 Å². The van der Waals surface area contributed by atoms with Gasteiger partial charge in [0.15, 0.2) is 6.10 Å². The Balaban J connectivity index is 4.46. The highest BCUT2D eigenvalue weighted by Crippen LogP contribution is 2.43. The second-order valence-corrected chi connectivity index (χ2v) is 18.4. The Kier molecular flexibility index (Phi) is 40.2. The number of quaternary nitrogens is 1. The number of carbonyl (C=O) groups is 2. The summed E-state index contributed by atoms with van der Waals surface area (Å²) >= 11 is 0. The lowest BCUT2D eigenvalue weighted by molar-refractivity contribution is -0.870. The summed E-state index contributed by atoms with van der Waals surface area (Å²) in [4.78, 5) is 35.4. The van der Waals surface area contributed by atoms with E-state index in [0.717, 1.165) is 89.9 Å². The van der Waals surface area contributed by atoms with Crippen LogP contribution in [-0.4, -0.2) is 86.1 Å². The summed E-state index contributed by atoms with van der Waals surface area (Å²) in [5.41, 5.74) is 0. The van der Waals surface area contributed by atoms with Crippen LogP contribution < -0.4 is 0 Å². The molecule has 3 atom stereocenters. The summed E-state index contributed by atoms with van der Waals surface area (Å²) in [5.74, 6) is -0.908. The molecule has 0 aliphatic heterocycles. The Bertz CT molecular complexity index is 1340. The number of phosphoric ester groups is 1. The van der Waals surface area contributed by atoms with E-state index in [1.807, 2.05) is 39.4 Å². The number of rotatable bonds is 42. The molecule has 10 nitrogen and oxygen atoms in total. The maximum atomic E-state index is 12.7. The van der Waals surface area contributed by atoms with Crippen LogP contribution in [-0.2, 0) is 32.7 Å². The predicted molar refractivity (Wildman–Crippen MR) is 258 cm³/mol. The van der Waals surface area contributed by atoms with E-state index in [1.165, 1.54) is 32.1 Å². The van der Waals surface area contributed by atoms with Gasteiger partial charge >= 0.3 is 19.8 Å². The molecule has 0 aromatic heterocycles. The van der Waals surface area contributed by atoms with Crippen molar-refractivity contribution >= 4 is 19.8 Å². The van der Waals surface area contributed by atoms with Crippen molar-refractivity contribution < 1.29 is 47.2 Å². The first-order valence-electron chi connectivity index (χ1n) is 23.9. The smallest absolute Gasteiger partial charge is 0.462 e. The van der Waals surface area contributed by atoms with E-state index in [1.54, 1.807) is 0 Å². The number of phosphoric acid groups is 1. The van der Waals surface area contributed by atoms with Crippen molar-refractivity contribution in [3.8, 4) is 0 Å². The van der Waals surface area contributed by atoms with Crippen LogP contribution in [0.3, 0.4) is 0 Å². The van der Waals surface area contributed by atoms with E-state index in [4.69, 9.17) is 18.5 Å². The van der Waals surface area contributed by atoms with Gasteiger partial charge in [0.05, 0.1) is 33.9 Å². The number of carbonyl (C=O) groups excluding carboxylic acids is 2. The number of esters is 2. The van der Waals surface area contributed by atoms with Crippen LogP contribution >= 0.6 is 7.82 Å². The molecule has 0 spiro atoms. The van der Waals surface area contributed by atoms with Crippen molar-refractivity contribution in [3.05, 3.63) is 85.1 Å². The molecule has 0 aliphatic rings. The Labute approximate surface area is 378 Å². The predicted octanol–water partition coefficient (Wildman–Crippen LogP) is 12.9. The molecule has 0 amide bonds. The monoisotopic (exact) mass is 891 g/mol. The first-order valence-corrected chi connectivity index (χ1v) is 25.4. The number of likely N-dealkylation sites (N-methyl/N-ethyl adjacent to an activating group) is 1. The number of nitrogens with zero attached hydrogens (tertiary/aromatic N) is 1. The van der Waals surface area contributed by atoms with Gasteiger partial charge in [0.1, 0.15) is 19.8 Å². The molecular weight excluding hydrogens is 802 g/mol. The number of aliphatic hydroxyl groups is 1. The van der Waals surface area contributed by atoms with Crippen molar-refractivity contribution in [2.45, 2.75) is 180 Å². The molecule has 0 fully saturated rings. The average molecular weight is 891 g/mol. The van der Waals surface area contributed by atoms with Crippen LogP contribution in [0.25, 0.3) is 0 Å². The molecule has 0 bridgehead atoms. The van der Waals surface area contributed by atoms with Gasteiger partial charge < -0.3 is 24.0 Å². The van der Waals surface area contributed by atoms with Gasteiger partial charge in [-0.05, 0) is 83.5 Å². The second kappa shape index (κ2) is 42.1. The molecule has 0 saturated carbocycles. The largest absolute Gasteiger partial charge is 0.472 e. The SMILES string of the molecule is CCCCCC/C=C\C/C=C\C/C=C\CCCCCCCCC(=O)OC[C@H](COP(=O)(O)OCC[N+](C)(C)C)OC(=O)CCC/C=C\C/C=C\C/C=C\C/C=C\[C@H](O)CCCC. The zero-order valence-electron chi connectivity index (χ0n) is 39.7. The lowest BCUT2D eigenvalue weighted by atomic mass is 10.1. The van der Waals surface area contributed by atoms with Crippen LogP contribution in [0, 0.1) is 0 Å². The minimum atomic E-state index is -4.41. The fourth-order valence-electron chi connectivity index (χ4n) is 5.91. The summed E-state index contributed by atoms with van der Waals surface area (Å²) in [6, 6.07) is 0. The molecule has 0 radical (unpaired) electrons. The van der Waals surface area contributed by atoms with Crippen LogP contribution in [0.5, 0.6) is 0 Å². The number of allylic oxidation sites excluding steroid dienone is 13. The minimum Gasteiger partial charge on any atom is -0.462 e. The molecule has 11 heteroatoms. The number of hydrogen-bond donors (Lipinski definition) is 2. The van der Waals surface area contributed by atoms with Gasteiger partial charge in [-0.1, -0.05) is 157 Å². The summed E-state index contributed by atoms with van der Waals surface area (Å²) in [6.07, 6.45) is 51.1. The zero-order chi connectivity index (χ0) is 45.8. The van der Waals surface area contributed by atoms with E-state index in [-0.39, 0.29) is 32.2 Å². The Hall–Kier alpha value is -2.85. The number of ether oxygens (including phenoxy) is 2. The molecule has 0 heterocycles. The van der Waals surface area contributed by atoms with Crippen molar-refractivity contribution in [1.82, 2.24) is 0 Å². The van der Waals surface area contributed by atoms with Crippen molar-refractivity contribution in [3.63, 3.8) is 0 Å². The van der Waals surface area contributed by atoms with Gasteiger partial charge in [0.2, 0.25) is 0 Å². The standard InChI is InChI=1S/C51H88NO9P/c1-6-8-10-11-12-13-14-15-16-17-18-19-20-21-22-26-29-32-35-38-42-50(54)58-46-49(47-60-62(56,57)59-45-44-52(3,4)5)61-51(55)43-39-36-33-30-27-24-23-25-28-31-34-37-41-48(53)40-9-7-2/h13-14,16-17,19-20,23-24,28,30-31,33,37,41,48-49,53H,6-12,15,18,21-22,25-27,29,32,34-36,38-40,42-47H2,1-5H3/p+1/b14-13-,17-16-,20-19-,24-23-,31-28-,33-30-,41-37-/t48-,49-/m1/s1. The number of unbranched alkanes of at least 4 members (excludes halogenated alkanes) is 12. The molecule has 62 heavy (non-hydrogen) atoms. The lowest BCUT2D eigenvalue weighted by Gasteiger charge is -2.24. The maximum absolute atomic E-state index is 12.7. The molecule has 0 aromatic carbocycles. The van der Waals surface area contributed by atoms with E-state index in [0.29, 0.717) is 30.3 Å². The zero-order valence-corrected chi connectivity index (χ0v) is 40.6. The average Bonchev–Trinajstić information content (AvgIpc) is 3.22. The molecule has 1 unspecified atom stereocenters. The highest BCUT2D eigenvalue weighted by molar-refractivity contribution is 7.47. The molecule has 356 valence electrons. The number of aliphatic hydroxyl groups excluding tert-OH is 1. The Morgan fingerprint density at radius 3 is 1.58 bits per heavy atom. The summed E-state index contributed by atoms with van der Waals surface area (Å²) in [7, 11) is 1.39. The fourth-order valence-corrected chi connectivity index (χ4v) is 6.65. The van der Waals surface area contributed by atoms with Gasteiger partial charge in [-0.15, -0.1) is 0 Å². The van der Waals surface area contributed by atoms with Crippen molar-refractivity contribution in [2.24, 2.45) is 0 Å². The Morgan fingerprint density at radius 2 is 1.03 bits per heavy atom. The molecule has 2 N–H and O–H groups in total. The van der Waals surface area contributed by atoms with Gasteiger partial charge in [0, 0.05) is 12.8 Å². The van der Waals surface area contributed by atoms with E-state index < -0.39 is 32.5 Å². The normalized spacial score (nSPS) is 14.8. The number of hydrogen-bond acceptors (Lipinski definition) is 8. The molecular formula is C51H89NO9P+. The Morgan fingerprint density at radius 1 is 0.565 bits per heavy atom. The van der Waals surface area contributed by atoms with Crippen molar-refractivity contribution in [2.75, 3.05) is 47.5 Å². The van der Waals surface area contributed by atoms with Crippen LogP contribution in [0.2, 0.25) is 0 Å². The first-order chi connectivity index (χ1) is 29.9. The van der Waals surface area contributed by atoms with Crippen molar-refractivity contribution in [1.29, 1.82) is 0 Å². The second-order valence-electron chi connectivity index (χ2n) is 17.0. The van der Waals surface area contributed by atoms with E-state index in [9.17, 15) is 24.2 Å². The molecule has 0 aliphatic carbocycles.